The summed E-state index contributed by atoms with van der Waals surface area (Å²) in [7, 11) is 0. The lowest BCUT2D eigenvalue weighted by molar-refractivity contribution is -0.321. The molecule has 0 N–H and O–H groups in total. The topological polar surface area (TPSA) is 27.7 Å². The maximum atomic E-state index is 14.9. The molecule has 0 unspecified atom stereocenters. The third-order valence-corrected chi connectivity index (χ3v) is 7.38. The van der Waals surface area contributed by atoms with Crippen LogP contribution in [0, 0.1) is 29.1 Å². The third-order valence-electron chi connectivity index (χ3n) is 7.38. The molecule has 232 valence electrons. The van der Waals surface area contributed by atoms with Gasteiger partial charge in [-0.05, 0) is 65.4 Å². The van der Waals surface area contributed by atoms with Crippen molar-refractivity contribution < 1.29 is 44.9 Å². The average Bonchev–Trinajstić information content (AvgIpc) is 3.00. The van der Waals surface area contributed by atoms with Crippen LogP contribution in [0.3, 0.4) is 0 Å². The second-order valence-electron chi connectivity index (χ2n) is 10.6. The highest BCUT2D eigenvalue weighted by Gasteiger charge is 2.40. The molecule has 0 amide bonds. The Hall–Kier alpha value is -3.73. The molecule has 1 saturated heterocycles. The molecule has 10 heteroatoms. The second kappa shape index (κ2) is 13.5. The van der Waals surface area contributed by atoms with Crippen LogP contribution in [-0.2, 0) is 26.7 Å². The highest BCUT2D eigenvalue weighted by molar-refractivity contribution is 5.71. The van der Waals surface area contributed by atoms with Gasteiger partial charge in [0.1, 0.15) is 17.7 Å². The average molecular weight is 619 g/mol. The molecule has 4 aromatic rings. The molecule has 3 nitrogen and oxygen atoms in total. The first-order chi connectivity index (χ1) is 21.1. The fraction of sp³-hybridized carbons (Fsp3) is 0.294. The van der Waals surface area contributed by atoms with Gasteiger partial charge in [0.2, 0.25) is 0 Å². The van der Waals surface area contributed by atoms with E-state index >= 15 is 0 Å². The van der Waals surface area contributed by atoms with Crippen LogP contribution >= 0.6 is 0 Å². The van der Waals surface area contributed by atoms with Crippen LogP contribution in [-0.4, -0.2) is 19.3 Å². The molecule has 0 aliphatic carbocycles. The monoisotopic (exact) mass is 618 g/mol. The van der Waals surface area contributed by atoms with Gasteiger partial charge in [-0.1, -0.05) is 62.2 Å². The van der Waals surface area contributed by atoms with Gasteiger partial charge < -0.3 is 14.2 Å². The van der Waals surface area contributed by atoms with Gasteiger partial charge in [-0.2, -0.15) is 8.78 Å². The predicted molar refractivity (Wildman–Crippen MR) is 150 cm³/mol. The van der Waals surface area contributed by atoms with Crippen LogP contribution < -0.4 is 0 Å². The molecule has 0 spiro atoms. The Kier molecular flexibility index (Phi) is 9.72. The van der Waals surface area contributed by atoms with Gasteiger partial charge in [0.25, 0.3) is 0 Å². The molecule has 44 heavy (non-hydrogen) atoms. The van der Waals surface area contributed by atoms with E-state index in [0.29, 0.717) is 28.7 Å². The smallest absolute Gasteiger partial charge is 0.346 e. The van der Waals surface area contributed by atoms with Crippen LogP contribution in [0.1, 0.15) is 49.2 Å². The molecule has 5 rings (SSSR count). The fourth-order valence-corrected chi connectivity index (χ4v) is 5.02. The summed E-state index contributed by atoms with van der Waals surface area (Å²) in [4.78, 5) is 0. The van der Waals surface area contributed by atoms with E-state index in [1.54, 1.807) is 30.3 Å². The Morgan fingerprint density at radius 2 is 1.34 bits per heavy atom. The van der Waals surface area contributed by atoms with Crippen LogP contribution in [0.15, 0.2) is 72.8 Å². The van der Waals surface area contributed by atoms with E-state index in [2.05, 4.69) is 0 Å². The van der Waals surface area contributed by atoms with Crippen molar-refractivity contribution in [3.63, 3.8) is 0 Å². The number of unbranched alkanes of at least 4 members (excludes halogenated alkanes) is 2. The minimum Gasteiger partial charge on any atom is -0.346 e. The Morgan fingerprint density at radius 3 is 1.95 bits per heavy atom. The van der Waals surface area contributed by atoms with Crippen molar-refractivity contribution in [1.82, 2.24) is 0 Å². The van der Waals surface area contributed by atoms with Gasteiger partial charge in [-0.25, -0.2) is 22.0 Å². The fourth-order valence-electron chi connectivity index (χ4n) is 5.02. The maximum Gasteiger partial charge on any atom is 0.386 e. The number of halogens is 7. The first kappa shape index (κ1) is 31.7. The quantitative estimate of drug-likeness (QED) is 0.101. The van der Waals surface area contributed by atoms with Gasteiger partial charge in [0.15, 0.2) is 23.7 Å². The normalized spacial score (nSPS) is 17.2. The van der Waals surface area contributed by atoms with Gasteiger partial charge >= 0.3 is 6.11 Å². The van der Waals surface area contributed by atoms with Crippen molar-refractivity contribution >= 4 is 0 Å². The zero-order valence-corrected chi connectivity index (χ0v) is 23.7. The van der Waals surface area contributed by atoms with Crippen molar-refractivity contribution in [2.75, 3.05) is 13.2 Å². The zero-order chi connectivity index (χ0) is 31.4. The number of hydrogen-bond acceptors (Lipinski definition) is 3. The molecule has 0 saturated carbocycles. The Labute approximate surface area is 250 Å². The Morgan fingerprint density at radius 1 is 0.705 bits per heavy atom. The summed E-state index contributed by atoms with van der Waals surface area (Å²) in [6.07, 6.45) is -2.49. The predicted octanol–water partition coefficient (Wildman–Crippen LogP) is 9.63. The largest absolute Gasteiger partial charge is 0.386 e. The van der Waals surface area contributed by atoms with Gasteiger partial charge in [-0.15, -0.1) is 0 Å². The van der Waals surface area contributed by atoms with Crippen molar-refractivity contribution in [3.05, 3.63) is 119 Å². The molecule has 0 bridgehead atoms. The lowest BCUT2D eigenvalue weighted by Crippen LogP contribution is -2.38. The molecule has 0 aromatic heterocycles. The van der Waals surface area contributed by atoms with Crippen LogP contribution in [0.4, 0.5) is 30.7 Å². The molecule has 4 aromatic carbocycles. The number of ether oxygens (including phenoxy) is 3. The van der Waals surface area contributed by atoms with E-state index in [1.807, 2.05) is 6.92 Å². The number of aryl methyl sites for hydroxylation is 1. The van der Waals surface area contributed by atoms with Gasteiger partial charge in [-0.3, -0.25) is 0 Å². The van der Waals surface area contributed by atoms with Crippen molar-refractivity contribution in [2.24, 2.45) is 0 Å². The van der Waals surface area contributed by atoms with Crippen LogP contribution in [0.2, 0.25) is 0 Å². The molecular formula is C34H29F7O3. The summed E-state index contributed by atoms with van der Waals surface area (Å²) in [6.45, 7) is 1.59. The lowest BCUT2D eigenvalue weighted by Gasteiger charge is -2.32. The van der Waals surface area contributed by atoms with E-state index in [-0.39, 0.29) is 24.3 Å². The second-order valence-corrected chi connectivity index (χ2v) is 10.6. The maximum absolute atomic E-state index is 14.9. The number of hydrogen-bond donors (Lipinski definition) is 0. The van der Waals surface area contributed by atoms with Crippen LogP contribution in [0.5, 0.6) is 0 Å². The van der Waals surface area contributed by atoms with Crippen LogP contribution in [0.25, 0.3) is 22.3 Å². The summed E-state index contributed by atoms with van der Waals surface area (Å²) in [5.41, 5.74) is 1.18. The standard InChI is InChI=1S/C34H29F7O3/c1-2-3-4-5-20-6-13-27(29(36)14-20)34(40,41)44-25-18-42-33(43-19-25)22-9-7-21(8-10-22)23-11-12-26(28(35)15-23)24-16-30(37)32(39)31(38)17-24/h6-17,25,33H,2-5,18-19H2,1H3. The summed E-state index contributed by atoms with van der Waals surface area (Å²) in [5.74, 6) is -6.27. The van der Waals surface area contributed by atoms with E-state index < -0.39 is 53.2 Å². The van der Waals surface area contributed by atoms with E-state index in [4.69, 9.17) is 14.2 Å². The minimum atomic E-state index is -3.89. The molecule has 0 atom stereocenters. The third kappa shape index (κ3) is 7.14. The molecule has 1 aliphatic heterocycles. The molecule has 0 radical (unpaired) electrons. The first-order valence-electron chi connectivity index (χ1n) is 14.2. The molecule has 1 aliphatic rings. The van der Waals surface area contributed by atoms with E-state index in [0.717, 1.165) is 43.5 Å². The molecular weight excluding hydrogens is 589 g/mol. The van der Waals surface area contributed by atoms with Crippen molar-refractivity contribution in [3.8, 4) is 22.3 Å². The lowest BCUT2D eigenvalue weighted by atomic mass is 9.98. The number of rotatable bonds is 10. The van der Waals surface area contributed by atoms with Crippen molar-refractivity contribution in [1.29, 1.82) is 0 Å². The summed E-state index contributed by atoms with van der Waals surface area (Å²) in [6, 6.07) is 15.8. The highest BCUT2D eigenvalue weighted by atomic mass is 19.3. The summed E-state index contributed by atoms with van der Waals surface area (Å²) in [5, 5.41) is 0. The number of benzene rings is 4. The molecule has 1 heterocycles. The number of alkyl halides is 2. The van der Waals surface area contributed by atoms with Gasteiger partial charge in [0, 0.05) is 11.1 Å². The minimum absolute atomic E-state index is 0.100. The van der Waals surface area contributed by atoms with Crippen molar-refractivity contribution in [2.45, 2.75) is 51.1 Å². The summed E-state index contributed by atoms with van der Waals surface area (Å²) >= 11 is 0. The van der Waals surface area contributed by atoms with Gasteiger partial charge in [0.05, 0.1) is 18.8 Å². The highest BCUT2D eigenvalue weighted by Crippen LogP contribution is 2.36. The Balaban J connectivity index is 1.19. The molecule has 1 fully saturated rings. The van der Waals surface area contributed by atoms with E-state index in [1.165, 1.54) is 18.2 Å². The summed E-state index contributed by atoms with van der Waals surface area (Å²) < 4.78 is 116. The zero-order valence-electron chi connectivity index (χ0n) is 23.7. The van der Waals surface area contributed by atoms with E-state index in [9.17, 15) is 30.7 Å². The first-order valence-corrected chi connectivity index (χ1v) is 14.2. The Bertz CT molecular complexity index is 1580. The SMILES string of the molecule is CCCCCc1ccc(C(F)(F)OC2COC(c3ccc(-c4ccc(-c5cc(F)c(F)c(F)c5)c(F)c4)cc3)OC2)c(F)c1.